The van der Waals surface area contributed by atoms with Crippen LogP contribution in [-0.2, 0) is 0 Å². The molecular formula is C10H21F2N. The fourth-order valence-electron chi connectivity index (χ4n) is 0.882. The molecule has 1 aliphatic heterocycles. The van der Waals surface area contributed by atoms with Crippen LogP contribution in [-0.4, -0.2) is 31.0 Å². The largest absolute Gasteiger partial charge is 0.297 e. The average Bonchev–Trinajstić information content (AvgIpc) is 2.09. The molecule has 80 valence electrons. The lowest BCUT2D eigenvalue weighted by Crippen LogP contribution is -2.36. The zero-order chi connectivity index (χ0) is 10.9. The molecule has 0 unspecified atom stereocenters. The van der Waals surface area contributed by atoms with Crippen molar-refractivity contribution in [2.45, 2.75) is 33.6 Å². The average molecular weight is 193 g/mol. The summed E-state index contributed by atoms with van der Waals surface area (Å²) in [6, 6.07) is 0. The van der Waals surface area contributed by atoms with E-state index in [0.29, 0.717) is 6.54 Å². The molecule has 0 aliphatic carbocycles. The van der Waals surface area contributed by atoms with E-state index in [4.69, 9.17) is 0 Å². The van der Waals surface area contributed by atoms with Crippen LogP contribution < -0.4 is 0 Å². The maximum atomic E-state index is 12.3. The smallest absolute Gasteiger partial charge is 0.278 e. The maximum absolute atomic E-state index is 12.3. The quantitative estimate of drug-likeness (QED) is 0.534. The SMILES string of the molecule is CC.CC.CN1CC=CC(F)(F)C1. The third kappa shape index (κ3) is 7.91. The minimum Gasteiger partial charge on any atom is -0.297 e. The molecule has 13 heavy (non-hydrogen) atoms. The third-order valence-electron chi connectivity index (χ3n) is 1.26. The normalized spacial score (nSPS) is 19.3. The molecule has 0 N–H and O–H groups in total. The van der Waals surface area contributed by atoms with E-state index in [1.54, 1.807) is 11.9 Å². The van der Waals surface area contributed by atoms with Crippen LogP contribution in [0.2, 0.25) is 0 Å². The van der Waals surface area contributed by atoms with E-state index in [1.165, 1.54) is 6.08 Å². The number of alkyl halides is 2. The van der Waals surface area contributed by atoms with Gasteiger partial charge in [0.25, 0.3) is 5.92 Å². The predicted octanol–water partition coefficient (Wildman–Crippen LogP) is 3.18. The van der Waals surface area contributed by atoms with Crippen molar-refractivity contribution in [3.8, 4) is 0 Å². The summed E-state index contributed by atoms with van der Waals surface area (Å²) in [5.41, 5.74) is 0. The van der Waals surface area contributed by atoms with Crippen LogP contribution in [0, 0.1) is 0 Å². The Labute approximate surface area is 80.4 Å². The number of halogens is 2. The highest BCUT2D eigenvalue weighted by Crippen LogP contribution is 2.19. The van der Waals surface area contributed by atoms with Crippen molar-refractivity contribution in [3.05, 3.63) is 12.2 Å². The molecule has 0 atom stereocenters. The fourth-order valence-corrected chi connectivity index (χ4v) is 0.882. The number of rotatable bonds is 0. The molecule has 1 rings (SSSR count). The Hall–Kier alpha value is -0.440. The molecule has 0 aromatic carbocycles. The molecule has 0 saturated heterocycles. The van der Waals surface area contributed by atoms with E-state index in [0.717, 1.165) is 6.08 Å². The Morgan fingerprint density at radius 3 is 1.85 bits per heavy atom. The first-order valence-corrected chi connectivity index (χ1v) is 4.84. The minimum atomic E-state index is -2.60. The molecule has 0 aromatic heterocycles. The van der Waals surface area contributed by atoms with Gasteiger partial charge in [0.15, 0.2) is 0 Å². The second kappa shape index (κ2) is 8.17. The summed E-state index contributed by atoms with van der Waals surface area (Å²) in [6.07, 6.45) is 2.45. The maximum Gasteiger partial charge on any atom is 0.278 e. The van der Waals surface area contributed by atoms with Crippen molar-refractivity contribution < 1.29 is 8.78 Å². The molecule has 0 amide bonds. The summed E-state index contributed by atoms with van der Waals surface area (Å²) in [4.78, 5) is 1.58. The lowest BCUT2D eigenvalue weighted by Gasteiger charge is -2.24. The molecule has 1 heterocycles. The van der Waals surface area contributed by atoms with Gasteiger partial charge in [0.2, 0.25) is 0 Å². The first kappa shape index (κ1) is 15.1. The second-order valence-corrected chi connectivity index (χ2v) is 2.36. The zero-order valence-electron chi connectivity index (χ0n) is 9.27. The first-order valence-electron chi connectivity index (χ1n) is 4.84. The summed E-state index contributed by atoms with van der Waals surface area (Å²) < 4.78 is 24.7. The standard InChI is InChI=1S/C6H9F2N.2C2H6/c1-9-4-2-3-6(7,8)5-9;2*1-2/h2-3H,4-5H2,1H3;2*1-2H3. The Kier molecular flexibility index (Phi) is 9.46. The molecule has 0 saturated carbocycles. The molecule has 3 heteroatoms. The number of hydrogen-bond acceptors (Lipinski definition) is 1. The van der Waals surface area contributed by atoms with Crippen molar-refractivity contribution in [3.63, 3.8) is 0 Å². The lowest BCUT2D eigenvalue weighted by molar-refractivity contribution is 0.0162. The van der Waals surface area contributed by atoms with Gasteiger partial charge in [-0.3, -0.25) is 4.90 Å². The monoisotopic (exact) mass is 193 g/mol. The molecule has 1 nitrogen and oxygen atoms in total. The summed E-state index contributed by atoms with van der Waals surface area (Å²) in [5.74, 6) is -2.60. The van der Waals surface area contributed by atoms with E-state index in [2.05, 4.69) is 0 Å². The predicted molar refractivity (Wildman–Crippen MR) is 54.3 cm³/mol. The molecule has 0 bridgehead atoms. The van der Waals surface area contributed by atoms with Crippen LogP contribution in [0.25, 0.3) is 0 Å². The van der Waals surface area contributed by atoms with Gasteiger partial charge in [-0.25, -0.2) is 8.78 Å². The topological polar surface area (TPSA) is 3.24 Å². The Balaban J connectivity index is 0. The molecular weight excluding hydrogens is 172 g/mol. The van der Waals surface area contributed by atoms with Gasteiger partial charge in [-0.2, -0.15) is 0 Å². The Bertz CT molecular complexity index is 133. The van der Waals surface area contributed by atoms with E-state index >= 15 is 0 Å². The molecule has 0 radical (unpaired) electrons. The first-order chi connectivity index (χ1) is 6.10. The Morgan fingerprint density at radius 1 is 1.15 bits per heavy atom. The lowest BCUT2D eigenvalue weighted by atomic mass is 10.2. The highest BCUT2D eigenvalue weighted by molar-refractivity contribution is 5.01. The molecule has 0 fully saturated rings. The Morgan fingerprint density at radius 2 is 1.62 bits per heavy atom. The van der Waals surface area contributed by atoms with E-state index in [1.807, 2.05) is 27.7 Å². The van der Waals surface area contributed by atoms with E-state index in [9.17, 15) is 8.78 Å². The molecule has 0 spiro atoms. The molecule has 1 aliphatic rings. The van der Waals surface area contributed by atoms with Gasteiger partial charge in [-0.05, 0) is 13.1 Å². The summed E-state index contributed by atoms with van der Waals surface area (Å²) in [5, 5.41) is 0. The number of hydrogen-bond donors (Lipinski definition) is 0. The van der Waals surface area contributed by atoms with Gasteiger partial charge in [-0.15, -0.1) is 0 Å². The van der Waals surface area contributed by atoms with Crippen LogP contribution in [0.15, 0.2) is 12.2 Å². The second-order valence-electron chi connectivity index (χ2n) is 2.36. The van der Waals surface area contributed by atoms with Gasteiger partial charge in [0.05, 0.1) is 6.54 Å². The third-order valence-corrected chi connectivity index (χ3v) is 1.26. The van der Waals surface area contributed by atoms with Crippen molar-refractivity contribution >= 4 is 0 Å². The van der Waals surface area contributed by atoms with Crippen molar-refractivity contribution in [1.82, 2.24) is 4.90 Å². The van der Waals surface area contributed by atoms with Gasteiger partial charge >= 0.3 is 0 Å². The van der Waals surface area contributed by atoms with Crippen LogP contribution in [0.1, 0.15) is 27.7 Å². The number of nitrogens with zero attached hydrogens (tertiary/aromatic N) is 1. The van der Waals surface area contributed by atoms with Gasteiger partial charge in [0, 0.05) is 6.54 Å². The summed E-state index contributed by atoms with van der Waals surface area (Å²) in [7, 11) is 1.68. The van der Waals surface area contributed by atoms with Crippen molar-refractivity contribution in [2.75, 3.05) is 20.1 Å². The van der Waals surface area contributed by atoms with Crippen molar-refractivity contribution in [1.29, 1.82) is 0 Å². The van der Waals surface area contributed by atoms with Crippen LogP contribution in [0.3, 0.4) is 0 Å². The van der Waals surface area contributed by atoms with Crippen LogP contribution in [0.5, 0.6) is 0 Å². The van der Waals surface area contributed by atoms with Crippen LogP contribution >= 0.6 is 0 Å². The fraction of sp³-hybridized carbons (Fsp3) is 0.800. The van der Waals surface area contributed by atoms with E-state index in [-0.39, 0.29) is 6.54 Å². The van der Waals surface area contributed by atoms with Gasteiger partial charge < -0.3 is 0 Å². The number of likely N-dealkylation sites (N-methyl/N-ethyl adjacent to an activating group) is 1. The van der Waals surface area contributed by atoms with Crippen molar-refractivity contribution in [2.24, 2.45) is 0 Å². The minimum absolute atomic E-state index is 0.149. The van der Waals surface area contributed by atoms with E-state index < -0.39 is 5.92 Å². The molecule has 0 aromatic rings. The van der Waals surface area contributed by atoms with Gasteiger partial charge in [-0.1, -0.05) is 33.8 Å². The van der Waals surface area contributed by atoms with Gasteiger partial charge in [0.1, 0.15) is 0 Å². The summed E-state index contributed by atoms with van der Waals surface area (Å²) >= 11 is 0. The summed E-state index contributed by atoms with van der Waals surface area (Å²) in [6.45, 7) is 8.49. The zero-order valence-corrected chi connectivity index (χ0v) is 9.27. The highest BCUT2D eigenvalue weighted by Gasteiger charge is 2.28. The highest BCUT2D eigenvalue weighted by atomic mass is 19.3. The van der Waals surface area contributed by atoms with Crippen LogP contribution in [0.4, 0.5) is 8.78 Å².